The Morgan fingerprint density at radius 1 is 1.10 bits per heavy atom. The Balaban J connectivity index is 1.70. The molecule has 160 valence electrons. The molecule has 0 radical (unpaired) electrons. The van der Waals surface area contributed by atoms with Crippen LogP contribution < -0.4 is 15.8 Å². The Kier molecular flexibility index (Phi) is 6.50. The number of hydrogen-bond donors (Lipinski definition) is 3. The highest BCUT2D eigenvalue weighted by Gasteiger charge is 2.30. The van der Waals surface area contributed by atoms with E-state index in [1.54, 1.807) is 49.4 Å². The summed E-state index contributed by atoms with van der Waals surface area (Å²) >= 11 is 11.8. The van der Waals surface area contributed by atoms with E-state index in [2.05, 4.69) is 10.3 Å². The lowest BCUT2D eigenvalue weighted by Gasteiger charge is -2.21. The smallest absolute Gasteiger partial charge is 0.328 e. The van der Waals surface area contributed by atoms with Crippen molar-refractivity contribution in [2.75, 3.05) is 5.32 Å². The van der Waals surface area contributed by atoms with Crippen molar-refractivity contribution in [2.45, 2.75) is 19.4 Å². The van der Waals surface area contributed by atoms with Gasteiger partial charge in [0.2, 0.25) is 5.88 Å². The van der Waals surface area contributed by atoms with Crippen LogP contribution in [0.5, 0.6) is 11.6 Å². The number of aromatic nitrogens is 1. The van der Waals surface area contributed by atoms with Gasteiger partial charge < -0.3 is 20.9 Å². The third kappa shape index (κ3) is 5.14. The molecule has 1 atom stereocenters. The maximum atomic E-state index is 12.3. The number of halogens is 2. The molecule has 3 aromatic rings. The highest BCUT2D eigenvalue weighted by molar-refractivity contribution is 6.42. The number of hydrogen-bond acceptors (Lipinski definition) is 5. The fourth-order valence-corrected chi connectivity index (χ4v) is 2.98. The first-order chi connectivity index (χ1) is 14.6. The largest absolute Gasteiger partial charge is 0.480 e. The number of ether oxygens (including phenoxy) is 1. The quantitative estimate of drug-likeness (QED) is 0.477. The average molecular weight is 460 g/mol. The summed E-state index contributed by atoms with van der Waals surface area (Å²) in [6.07, 6.45) is 1.45. The third-order valence-corrected chi connectivity index (χ3v) is 5.35. The molecule has 0 spiro atoms. The maximum absolute atomic E-state index is 12.3. The predicted molar refractivity (Wildman–Crippen MR) is 119 cm³/mol. The molecule has 1 heterocycles. The summed E-state index contributed by atoms with van der Waals surface area (Å²) in [4.78, 5) is 27.9. The number of carbonyl (C=O) groups is 2. The Hall–Kier alpha value is -3.13. The second-order valence-electron chi connectivity index (χ2n) is 7.06. The number of pyridine rings is 1. The number of nitrogens with zero attached hydrogens (tertiary/aromatic N) is 1. The molecule has 31 heavy (non-hydrogen) atoms. The van der Waals surface area contributed by atoms with Crippen LogP contribution in [-0.4, -0.2) is 22.0 Å². The van der Waals surface area contributed by atoms with Gasteiger partial charge in [0.05, 0.1) is 21.9 Å². The summed E-state index contributed by atoms with van der Waals surface area (Å²) in [5.74, 6) is -0.674. The van der Waals surface area contributed by atoms with E-state index >= 15 is 0 Å². The zero-order chi connectivity index (χ0) is 22.8. The SMILES string of the molecule is Cc1cc(C(C)(N)C(=O)O)ccc1Oc1ccc(NC(=O)c2ccc(Cl)c(Cl)c2)cn1. The van der Waals surface area contributed by atoms with Crippen molar-refractivity contribution in [1.82, 2.24) is 4.98 Å². The number of amides is 1. The van der Waals surface area contributed by atoms with Gasteiger partial charge in [0.25, 0.3) is 5.91 Å². The summed E-state index contributed by atoms with van der Waals surface area (Å²) in [5.41, 5.74) is 6.35. The molecule has 0 saturated heterocycles. The number of nitrogens with one attached hydrogen (secondary N) is 1. The van der Waals surface area contributed by atoms with Crippen LogP contribution in [-0.2, 0) is 10.3 Å². The highest BCUT2D eigenvalue weighted by atomic mass is 35.5. The zero-order valence-electron chi connectivity index (χ0n) is 16.6. The standard InChI is InChI=1S/C22H19Cl2N3O4/c1-12-9-14(22(2,25)21(29)30)4-7-18(12)31-19-8-5-15(11-26-19)27-20(28)13-3-6-16(23)17(24)10-13/h3-11H,25H2,1-2H3,(H,27,28)(H,29,30). The Labute approximate surface area is 188 Å². The second kappa shape index (κ2) is 8.93. The van der Waals surface area contributed by atoms with Crippen molar-refractivity contribution in [1.29, 1.82) is 0 Å². The van der Waals surface area contributed by atoms with Gasteiger partial charge in [-0.25, -0.2) is 9.78 Å². The minimum Gasteiger partial charge on any atom is -0.480 e. The van der Waals surface area contributed by atoms with E-state index < -0.39 is 11.5 Å². The molecule has 7 nitrogen and oxygen atoms in total. The number of rotatable bonds is 6. The van der Waals surface area contributed by atoms with Gasteiger partial charge in [-0.3, -0.25) is 4.79 Å². The Bertz CT molecular complexity index is 1150. The molecule has 0 bridgehead atoms. The van der Waals surface area contributed by atoms with Gasteiger partial charge in [-0.2, -0.15) is 0 Å². The van der Waals surface area contributed by atoms with Crippen molar-refractivity contribution in [3.05, 3.63) is 81.5 Å². The number of anilines is 1. The van der Waals surface area contributed by atoms with Crippen molar-refractivity contribution in [3.8, 4) is 11.6 Å². The van der Waals surface area contributed by atoms with E-state index in [1.165, 1.54) is 19.2 Å². The van der Waals surface area contributed by atoms with Crippen LogP contribution in [0.15, 0.2) is 54.7 Å². The molecule has 0 aliphatic carbocycles. The lowest BCUT2D eigenvalue weighted by molar-refractivity contribution is -0.143. The van der Waals surface area contributed by atoms with E-state index in [1.807, 2.05) is 0 Å². The van der Waals surface area contributed by atoms with Gasteiger partial charge in [0, 0.05) is 11.6 Å². The normalized spacial score (nSPS) is 12.7. The monoisotopic (exact) mass is 459 g/mol. The number of carboxylic acid groups (broad SMARTS) is 1. The molecule has 9 heteroatoms. The number of aryl methyl sites for hydroxylation is 1. The van der Waals surface area contributed by atoms with Gasteiger partial charge in [-0.05, 0) is 61.4 Å². The third-order valence-electron chi connectivity index (χ3n) is 4.61. The molecule has 0 saturated carbocycles. The fraction of sp³-hybridized carbons (Fsp3) is 0.136. The molecule has 2 aromatic carbocycles. The van der Waals surface area contributed by atoms with Crippen LogP contribution in [0.25, 0.3) is 0 Å². The van der Waals surface area contributed by atoms with E-state index in [9.17, 15) is 14.7 Å². The van der Waals surface area contributed by atoms with Gasteiger partial charge >= 0.3 is 5.97 Å². The molecule has 1 unspecified atom stereocenters. The highest BCUT2D eigenvalue weighted by Crippen LogP contribution is 2.29. The molecular weight excluding hydrogens is 441 g/mol. The second-order valence-corrected chi connectivity index (χ2v) is 7.87. The van der Waals surface area contributed by atoms with Crippen molar-refractivity contribution in [3.63, 3.8) is 0 Å². The number of benzene rings is 2. The van der Waals surface area contributed by atoms with E-state index in [-0.39, 0.29) is 10.9 Å². The van der Waals surface area contributed by atoms with Crippen molar-refractivity contribution < 1.29 is 19.4 Å². The molecule has 3 rings (SSSR count). The first kappa shape index (κ1) is 22.6. The van der Waals surface area contributed by atoms with Crippen LogP contribution in [0.1, 0.15) is 28.4 Å². The molecule has 0 aliphatic heterocycles. The van der Waals surface area contributed by atoms with Gasteiger partial charge in [-0.15, -0.1) is 0 Å². The average Bonchev–Trinajstić information content (AvgIpc) is 2.72. The lowest BCUT2D eigenvalue weighted by Crippen LogP contribution is -2.41. The fourth-order valence-electron chi connectivity index (χ4n) is 2.68. The predicted octanol–water partition coefficient (Wildman–Crippen LogP) is 5.00. The summed E-state index contributed by atoms with van der Waals surface area (Å²) in [6.45, 7) is 3.21. The minimum absolute atomic E-state index is 0.288. The number of aliphatic carboxylic acids is 1. The van der Waals surface area contributed by atoms with Crippen LogP contribution in [0.2, 0.25) is 10.0 Å². The number of carbonyl (C=O) groups excluding carboxylic acids is 1. The molecule has 1 amide bonds. The van der Waals surface area contributed by atoms with E-state index in [0.717, 1.165) is 0 Å². The summed E-state index contributed by atoms with van der Waals surface area (Å²) in [5, 5.41) is 12.6. The lowest BCUT2D eigenvalue weighted by atomic mass is 9.92. The first-order valence-corrected chi connectivity index (χ1v) is 9.87. The van der Waals surface area contributed by atoms with Crippen molar-refractivity contribution in [2.24, 2.45) is 5.73 Å². The number of nitrogens with two attached hydrogens (primary N) is 1. The van der Waals surface area contributed by atoms with Crippen LogP contribution in [0.3, 0.4) is 0 Å². The van der Waals surface area contributed by atoms with Gasteiger partial charge in [-0.1, -0.05) is 29.3 Å². The Morgan fingerprint density at radius 3 is 2.42 bits per heavy atom. The summed E-state index contributed by atoms with van der Waals surface area (Å²) in [7, 11) is 0. The molecule has 0 aliphatic rings. The van der Waals surface area contributed by atoms with Crippen LogP contribution >= 0.6 is 23.2 Å². The van der Waals surface area contributed by atoms with Gasteiger partial charge in [0.15, 0.2) is 0 Å². The van der Waals surface area contributed by atoms with E-state index in [0.29, 0.717) is 39.0 Å². The van der Waals surface area contributed by atoms with Crippen LogP contribution in [0, 0.1) is 6.92 Å². The molecule has 4 N–H and O–H groups in total. The van der Waals surface area contributed by atoms with Crippen molar-refractivity contribution >= 4 is 40.8 Å². The number of carboxylic acids is 1. The molecule has 0 fully saturated rings. The zero-order valence-corrected chi connectivity index (χ0v) is 18.2. The topological polar surface area (TPSA) is 115 Å². The molecule has 1 aromatic heterocycles. The van der Waals surface area contributed by atoms with E-state index in [4.69, 9.17) is 33.7 Å². The Morgan fingerprint density at radius 2 is 1.84 bits per heavy atom. The maximum Gasteiger partial charge on any atom is 0.328 e. The van der Waals surface area contributed by atoms with Crippen LogP contribution in [0.4, 0.5) is 5.69 Å². The summed E-state index contributed by atoms with van der Waals surface area (Å²) in [6, 6.07) is 12.7. The van der Waals surface area contributed by atoms with Gasteiger partial charge in [0.1, 0.15) is 11.3 Å². The first-order valence-electron chi connectivity index (χ1n) is 9.11. The summed E-state index contributed by atoms with van der Waals surface area (Å²) < 4.78 is 5.77. The minimum atomic E-state index is -1.50. The molecular formula is C22H19Cl2N3O4.